The molecule has 0 heterocycles. The van der Waals surface area contributed by atoms with Crippen LogP contribution in [0.5, 0.6) is 0 Å². The number of nitrogens with zero attached hydrogens (tertiary/aromatic N) is 2. The van der Waals surface area contributed by atoms with Gasteiger partial charge in [-0.1, -0.05) is 18.2 Å². The number of rotatable bonds is 5. The molecule has 0 bridgehead atoms. The molecule has 0 spiro atoms. The molecule has 0 fully saturated rings. The maximum absolute atomic E-state index is 14.0. The maximum atomic E-state index is 14.0. The van der Waals surface area contributed by atoms with Crippen molar-refractivity contribution in [3.63, 3.8) is 0 Å². The van der Waals surface area contributed by atoms with Gasteiger partial charge in [0.05, 0.1) is 5.69 Å². The fourth-order valence-corrected chi connectivity index (χ4v) is 2.22. The van der Waals surface area contributed by atoms with Crippen LogP contribution in [0.3, 0.4) is 0 Å². The Kier molecular flexibility index (Phi) is 8.60. The molecule has 0 amide bonds. The van der Waals surface area contributed by atoms with E-state index in [1.807, 2.05) is 6.07 Å². The van der Waals surface area contributed by atoms with Crippen molar-refractivity contribution in [2.24, 2.45) is 4.99 Å². The smallest absolute Gasteiger partial charge is 0.191 e. The molecule has 0 saturated carbocycles. The van der Waals surface area contributed by atoms with Crippen LogP contribution in [0, 0.1) is 11.6 Å². The number of hydrogen-bond donors (Lipinski definition) is 2. The molecule has 2 N–H and O–H groups in total. The minimum Gasteiger partial charge on any atom is -0.375 e. The summed E-state index contributed by atoms with van der Waals surface area (Å²) in [5.41, 5.74) is 2.32. The zero-order valence-electron chi connectivity index (χ0n) is 14.5. The molecular weight excluding hydrogens is 437 g/mol. The van der Waals surface area contributed by atoms with Crippen LogP contribution in [0.2, 0.25) is 0 Å². The highest BCUT2D eigenvalue weighted by atomic mass is 127. The van der Waals surface area contributed by atoms with E-state index in [-0.39, 0.29) is 35.6 Å². The van der Waals surface area contributed by atoms with Gasteiger partial charge in [-0.25, -0.2) is 8.78 Å². The van der Waals surface area contributed by atoms with Crippen LogP contribution in [-0.4, -0.2) is 27.1 Å². The summed E-state index contributed by atoms with van der Waals surface area (Å²) in [6, 6.07) is 11.4. The van der Waals surface area contributed by atoms with Gasteiger partial charge in [0, 0.05) is 34.2 Å². The van der Waals surface area contributed by atoms with Crippen LogP contribution in [0.25, 0.3) is 0 Å². The van der Waals surface area contributed by atoms with Gasteiger partial charge in [0.15, 0.2) is 5.96 Å². The molecule has 0 aliphatic carbocycles. The molecule has 4 nitrogen and oxygen atoms in total. The highest BCUT2D eigenvalue weighted by Crippen LogP contribution is 2.18. The van der Waals surface area contributed by atoms with Gasteiger partial charge in [-0.05, 0) is 35.4 Å². The predicted molar refractivity (Wildman–Crippen MR) is 110 cm³/mol. The molecule has 0 atom stereocenters. The van der Waals surface area contributed by atoms with E-state index < -0.39 is 0 Å². The summed E-state index contributed by atoms with van der Waals surface area (Å²) >= 11 is 0. The average molecular weight is 460 g/mol. The number of benzene rings is 2. The molecule has 7 heteroatoms. The van der Waals surface area contributed by atoms with Crippen molar-refractivity contribution in [1.29, 1.82) is 0 Å². The van der Waals surface area contributed by atoms with Gasteiger partial charge in [-0.15, -0.1) is 24.0 Å². The van der Waals surface area contributed by atoms with Crippen molar-refractivity contribution >= 4 is 35.6 Å². The highest BCUT2D eigenvalue weighted by molar-refractivity contribution is 14.0. The molecule has 0 saturated heterocycles. The van der Waals surface area contributed by atoms with Crippen LogP contribution in [0.4, 0.5) is 14.5 Å². The second-order valence-corrected chi connectivity index (χ2v) is 5.59. The second kappa shape index (κ2) is 10.2. The molecule has 0 unspecified atom stereocenters. The Morgan fingerprint density at radius 1 is 0.960 bits per heavy atom. The molecule has 25 heavy (non-hydrogen) atoms. The van der Waals surface area contributed by atoms with E-state index >= 15 is 0 Å². The Bertz CT molecular complexity index is 703. The van der Waals surface area contributed by atoms with E-state index in [0.717, 1.165) is 11.1 Å². The number of nitrogens with one attached hydrogen (secondary N) is 2. The summed E-state index contributed by atoms with van der Waals surface area (Å²) in [5.74, 6) is 0.0782. The van der Waals surface area contributed by atoms with Crippen LogP contribution in [-0.2, 0) is 13.1 Å². The van der Waals surface area contributed by atoms with E-state index in [1.165, 1.54) is 18.2 Å². The quantitative estimate of drug-likeness (QED) is 0.408. The first-order valence-corrected chi connectivity index (χ1v) is 7.64. The highest BCUT2D eigenvalue weighted by Gasteiger charge is 2.06. The SMILES string of the molecule is CN=C(NCc1ccc(F)cc1)NCc1ccc(N(C)C)c(F)c1.I. The minimum atomic E-state index is -0.260. The summed E-state index contributed by atoms with van der Waals surface area (Å²) in [4.78, 5) is 5.85. The first kappa shape index (κ1) is 21.1. The van der Waals surface area contributed by atoms with Gasteiger partial charge in [0.1, 0.15) is 11.6 Å². The average Bonchev–Trinajstić information content (AvgIpc) is 2.56. The van der Waals surface area contributed by atoms with Gasteiger partial charge in [-0.3, -0.25) is 4.99 Å². The molecule has 0 aromatic heterocycles. The van der Waals surface area contributed by atoms with E-state index in [0.29, 0.717) is 24.7 Å². The lowest BCUT2D eigenvalue weighted by atomic mass is 10.2. The van der Waals surface area contributed by atoms with Crippen molar-refractivity contribution < 1.29 is 8.78 Å². The molecular formula is C18H23F2IN4. The summed E-state index contributed by atoms with van der Waals surface area (Å²) in [5, 5.41) is 6.26. The fraction of sp³-hybridized carbons (Fsp3) is 0.278. The Balaban J connectivity index is 0.00000312. The van der Waals surface area contributed by atoms with Crippen molar-refractivity contribution in [3.05, 3.63) is 65.2 Å². The van der Waals surface area contributed by atoms with Crippen LogP contribution in [0.15, 0.2) is 47.5 Å². The van der Waals surface area contributed by atoms with E-state index in [4.69, 9.17) is 0 Å². The maximum Gasteiger partial charge on any atom is 0.191 e. The Morgan fingerprint density at radius 3 is 2.04 bits per heavy atom. The summed E-state index contributed by atoms with van der Waals surface area (Å²) in [7, 11) is 5.27. The van der Waals surface area contributed by atoms with Crippen LogP contribution < -0.4 is 15.5 Å². The zero-order valence-corrected chi connectivity index (χ0v) is 16.8. The van der Waals surface area contributed by atoms with Gasteiger partial charge in [0.2, 0.25) is 0 Å². The van der Waals surface area contributed by atoms with Crippen LogP contribution in [0.1, 0.15) is 11.1 Å². The molecule has 2 rings (SSSR count). The zero-order chi connectivity index (χ0) is 17.5. The van der Waals surface area contributed by atoms with Crippen molar-refractivity contribution in [1.82, 2.24) is 10.6 Å². The topological polar surface area (TPSA) is 39.7 Å². The normalized spacial score (nSPS) is 10.8. The lowest BCUT2D eigenvalue weighted by molar-refractivity contribution is 0.622. The van der Waals surface area contributed by atoms with E-state index in [2.05, 4.69) is 15.6 Å². The Hall–Kier alpha value is -1.90. The predicted octanol–water partition coefficient (Wildman–Crippen LogP) is 3.51. The first-order chi connectivity index (χ1) is 11.5. The van der Waals surface area contributed by atoms with E-state index in [9.17, 15) is 8.78 Å². The van der Waals surface area contributed by atoms with Gasteiger partial charge < -0.3 is 15.5 Å². The number of anilines is 1. The standard InChI is InChI=1S/C18H22F2N4.HI/c1-21-18(22-11-13-4-7-15(19)8-5-13)23-12-14-6-9-17(24(2)3)16(20)10-14;/h4-10H,11-12H2,1-3H3,(H2,21,22,23);1H. The first-order valence-electron chi connectivity index (χ1n) is 7.64. The largest absolute Gasteiger partial charge is 0.375 e. The second-order valence-electron chi connectivity index (χ2n) is 5.59. The molecule has 0 aliphatic rings. The third kappa shape index (κ3) is 6.49. The number of halogens is 3. The minimum absolute atomic E-state index is 0. The van der Waals surface area contributed by atoms with Gasteiger partial charge in [0.25, 0.3) is 0 Å². The molecule has 136 valence electrons. The van der Waals surface area contributed by atoms with Gasteiger partial charge >= 0.3 is 0 Å². The van der Waals surface area contributed by atoms with Crippen LogP contribution >= 0.6 is 24.0 Å². The monoisotopic (exact) mass is 460 g/mol. The molecule has 0 aliphatic heterocycles. The van der Waals surface area contributed by atoms with E-state index in [1.54, 1.807) is 44.2 Å². The molecule has 2 aromatic carbocycles. The Morgan fingerprint density at radius 2 is 1.52 bits per heavy atom. The van der Waals surface area contributed by atoms with Crippen molar-refractivity contribution in [2.75, 3.05) is 26.0 Å². The number of guanidine groups is 1. The van der Waals surface area contributed by atoms with Crippen molar-refractivity contribution in [3.8, 4) is 0 Å². The lowest BCUT2D eigenvalue weighted by Crippen LogP contribution is -2.36. The summed E-state index contributed by atoms with van der Waals surface area (Å²) in [6.45, 7) is 0.974. The Labute approximate surface area is 164 Å². The van der Waals surface area contributed by atoms with Crippen molar-refractivity contribution in [2.45, 2.75) is 13.1 Å². The van der Waals surface area contributed by atoms with Gasteiger partial charge in [-0.2, -0.15) is 0 Å². The number of hydrogen-bond acceptors (Lipinski definition) is 2. The lowest BCUT2D eigenvalue weighted by Gasteiger charge is -2.15. The number of aliphatic imine (C=N–C) groups is 1. The summed E-state index contributed by atoms with van der Waals surface area (Å²) < 4.78 is 26.8. The summed E-state index contributed by atoms with van der Waals surface area (Å²) in [6.07, 6.45) is 0. The third-order valence-electron chi connectivity index (χ3n) is 3.55. The molecule has 2 aromatic rings. The molecule has 0 radical (unpaired) electrons. The third-order valence-corrected chi connectivity index (χ3v) is 3.55. The fourth-order valence-electron chi connectivity index (χ4n) is 2.22.